The van der Waals surface area contributed by atoms with E-state index in [0.717, 1.165) is 29.7 Å². The Balaban J connectivity index is 1.85. The Labute approximate surface area is 145 Å². The van der Waals surface area contributed by atoms with Crippen molar-refractivity contribution in [1.29, 1.82) is 0 Å². The Bertz CT molecular complexity index is 879. The minimum absolute atomic E-state index is 0.108. The number of phenolic OH excluding ortho intramolecular Hbond substituents is 4. The first-order valence-electron chi connectivity index (χ1n) is 8.33. The molecule has 0 saturated heterocycles. The molecule has 4 rings (SSSR count). The zero-order valence-electron chi connectivity index (χ0n) is 14.3. The number of methoxy groups -OCH3 is 1. The molecule has 0 fully saturated rings. The van der Waals surface area contributed by atoms with Gasteiger partial charge in [-0.25, -0.2) is 0 Å². The molecule has 0 spiro atoms. The zero-order chi connectivity index (χ0) is 17.9. The van der Waals surface area contributed by atoms with Crippen molar-refractivity contribution in [3.63, 3.8) is 0 Å². The van der Waals surface area contributed by atoms with E-state index >= 15 is 0 Å². The van der Waals surface area contributed by atoms with Gasteiger partial charge in [0.1, 0.15) is 12.6 Å². The third kappa shape index (κ3) is 2.21. The number of aromatic hydroxyl groups is 4. The first-order chi connectivity index (χ1) is 11.8. The second-order valence-corrected chi connectivity index (χ2v) is 7.28. The van der Waals surface area contributed by atoms with Gasteiger partial charge in [0.05, 0.1) is 26.3 Å². The van der Waals surface area contributed by atoms with Crippen LogP contribution in [0.15, 0.2) is 18.2 Å². The molecule has 2 aliphatic rings. The van der Waals surface area contributed by atoms with E-state index in [2.05, 4.69) is 7.05 Å². The van der Waals surface area contributed by atoms with Crippen LogP contribution < -0.4 is 4.74 Å². The molecule has 6 nitrogen and oxygen atoms in total. The SMILES string of the molecule is COc1cc2c(cc1O)C1Cc3cc(O)c(O)c(O)c3C[N+]1(C)CC2. The van der Waals surface area contributed by atoms with Gasteiger partial charge in [-0.2, -0.15) is 0 Å². The molecule has 2 aromatic rings. The van der Waals surface area contributed by atoms with E-state index in [4.69, 9.17) is 4.74 Å². The number of quaternary nitrogens is 1. The van der Waals surface area contributed by atoms with E-state index in [1.165, 1.54) is 6.07 Å². The molecule has 0 bridgehead atoms. The van der Waals surface area contributed by atoms with Crippen LogP contribution in [0.25, 0.3) is 0 Å². The number of rotatable bonds is 1. The highest BCUT2D eigenvalue weighted by atomic mass is 16.5. The number of hydrogen-bond donors (Lipinski definition) is 4. The van der Waals surface area contributed by atoms with Crippen LogP contribution in [0, 0.1) is 0 Å². The number of fused-ring (bicyclic) bond motifs is 4. The molecular formula is C19H22NO5+. The molecule has 2 aliphatic heterocycles. The maximum Gasteiger partial charge on any atom is 0.200 e. The largest absolute Gasteiger partial charge is 0.504 e. The van der Waals surface area contributed by atoms with Crippen LogP contribution >= 0.6 is 0 Å². The molecule has 132 valence electrons. The summed E-state index contributed by atoms with van der Waals surface area (Å²) in [6.45, 7) is 1.44. The van der Waals surface area contributed by atoms with Gasteiger partial charge in [0.25, 0.3) is 0 Å². The lowest BCUT2D eigenvalue weighted by Crippen LogP contribution is -2.53. The number of phenols is 4. The molecule has 0 radical (unpaired) electrons. The average Bonchev–Trinajstić information content (AvgIpc) is 2.59. The number of likely N-dealkylation sites (N-methyl/N-ethyl adjacent to an activating group) is 1. The second-order valence-electron chi connectivity index (χ2n) is 7.28. The highest BCUT2D eigenvalue weighted by Gasteiger charge is 2.44. The summed E-state index contributed by atoms with van der Waals surface area (Å²) in [4.78, 5) is 0. The quantitative estimate of drug-likeness (QED) is 0.471. The Morgan fingerprint density at radius 2 is 1.76 bits per heavy atom. The van der Waals surface area contributed by atoms with Crippen molar-refractivity contribution in [3.8, 4) is 28.7 Å². The zero-order valence-corrected chi connectivity index (χ0v) is 14.3. The smallest absolute Gasteiger partial charge is 0.200 e. The van der Waals surface area contributed by atoms with Crippen molar-refractivity contribution in [2.75, 3.05) is 20.7 Å². The molecule has 2 aromatic carbocycles. The van der Waals surface area contributed by atoms with E-state index in [0.29, 0.717) is 28.8 Å². The molecule has 2 unspecified atom stereocenters. The summed E-state index contributed by atoms with van der Waals surface area (Å²) in [5.41, 5.74) is 3.75. The van der Waals surface area contributed by atoms with Crippen LogP contribution in [0.2, 0.25) is 0 Å². The van der Waals surface area contributed by atoms with Gasteiger partial charge in [0.2, 0.25) is 5.75 Å². The van der Waals surface area contributed by atoms with Gasteiger partial charge >= 0.3 is 0 Å². The van der Waals surface area contributed by atoms with E-state index in [1.54, 1.807) is 13.2 Å². The number of benzene rings is 2. The molecular weight excluding hydrogens is 322 g/mol. The summed E-state index contributed by atoms with van der Waals surface area (Å²) in [5, 5.41) is 40.2. The summed E-state index contributed by atoms with van der Waals surface area (Å²) in [5.74, 6) is -0.385. The average molecular weight is 344 g/mol. The second kappa shape index (κ2) is 5.20. The molecule has 2 atom stereocenters. The monoisotopic (exact) mass is 344 g/mol. The van der Waals surface area contributed by atoms with E-state index < -0.39 is 5.75 Å². The molecule has 0 aliphatic carbocycles. The molecule has 2 heterocycles. The highest BCUT2D eigenvalue weighted by molar-refractivity contribution is 5.58. The summed E-state index contributed by atoms with van der Waals surface area (Å²) in [6, 6.07) is 5.32. The standard InChI is InChI=1S/C19H21NO5/c1-20-4-3-10-7-17(25-2)15(21)8-12(10)14(20)5-11-6-16(22)19(24)18(23)13(11)9-20/h6-8,14H,3-5,9H2,1-2H3,(H3-,21,22,23,24)/p+1. The molecule has 0 amide bonds. The fraction of sp³-hybridized carbons (Fsp3) is 0.368. The Kier molecular flexibility index (Phi) is 3.30. The first-order valence-corrected chi connectivity index (χ1v) is 8.33. The van der Waals surface area contributed by atoms with Crippen LogP contribution in [0.5, 0.6) is 28.7 Å². The Hall–Kier alpha value is -2.60. The van der Waals surface area contributed by atoms with Crippen LogP contribution in [-0.4, -0.2) is 45.6 Å². The summed E-state index contributed by atoms with van der Waals surface area (Å²) in [7, 11) is 3.67. The molecule has 0 aromatic heterocycles. The van der Waals surface area contributed by atoms with Crippen molar-refractivity contribution in [3.05, 3.63) is 40.5 Å². The van der Waals surface area contributed by atoms with Gasteiger partial charge in [0, 0.05) is 18.4 Å². The molecule has 4 N–H and O–H groups in total. The van der Waals surface area contributed by atoms with Crippen LogP contribution in [-0.2, 0) is 19.4 Å². The molecule has 6 heteroatoms. The first kappa shape index (κ1) is 15.9. The van der Waals surface area contributed by atoms with Gasteiger partial charge < -0.3 is 29.6 Å². The van der Waals surface area contributed by atoms with Gasteiger partial charge in [-0.1, -0.05) is 0 Å². The van der Waals surface area contributed by atoms with Crippen LogP contribution in [0.4, 0.5) is 0 Å². The van der Waals surface area contributed by atoms with Crippen molar-refractivity contribution < 1.29 is 29.6 Å². The van der Waals surface area contributed by atoms with E-state index in [-0.39, 0.29) is 23.3 Å². The van der Waals surface area contributed by atoms with Gasteiger partial charge in [-0.3, -0.25) is 0 Å². The van der Waals surface area contributed by atoms with Gasteiger partial charge in [0.15, 0.2) is 23.0 Å². The summed E-state index contributed by atoms with van der Waals surface area (Å²) < 4.78 is 5.91. The van der Waals surface area contributed by atoms with Crippen LogP contribution in [0.1, 0.15) is 28.3 Å². The number of hydrogen-bond acceptors (Lipinski definition) is 5. The maximum atomic E-state index is 10.3. The number of ether oxygens (including phenoxy) is 1. The van der Waals surface area contributed by atoms with Crippen molar-refractivity contribution >= 4 is 0 Å². The van der Waals surface area contributed by atoms with E-state index in [9.17, 15) is 20.4 Å². The predicted molar refractivity (Wildman–Crippen MR) is 91.0 cm³/mol. The third-order valence-electron chi connectivity index (χ3n) is 5.83. The summed E-state index contributed by atoms with van der Waals surface area (Å²) >= 11 is 0. The molecule has 25 heavy (non-hydrogen) atoms. The van der Waals surface area contributed by atoms with Crippen molar-refractivity contribution in [2.45, 2.75) is 25.4 Å². The van der Waals surface area contributed by atoms with E-state index in [1.807, 2.05) is 6.07 Å². The highest BCUT2D eigenvalue weighted by Crippen LogP contribution is 2.50. The predicted octanol–water partition coefficient (Wildman–Crippen LogP) is 2.32. The third-order valence-corrected chi connectivity index (χ3v) is 5.83. The van der Waals surface area contributed by atoms with Crippen LogP contribution in [0.3, 0.4) is 0 Å². The summed E-state index contributed by atoms with van der Waals surface area (Å²) in [6.07, 6.45) is 1.46. The van der Waals surface area contributed by atoms with Gasteiger partial charge in [-0.15, -0.1) is 0 Å². The topological polar surface area (TPSA) is 90.2 Å². The Morgan fingerprint density at radius 1 is 1.00 bits per heavy atom. The van der Waals surface area contributed by atoms with Crippen molar-refractivity contribution in [1.82, 2.24) is 0 Å². The number of nitrogens with zero attached hydrogens (tertiary/aromatic N) is 1. The molecule has 0 saturated carbocycles. The lowest BCUT2D eigenvalue weighted by molar-refractivity contribution is -0.956. The fourth-order valence-corrected chi connectivity index (χ4v) is 4.37. The maximum absolute atomic E-state index is 10.3. The lowest BCUT2D eigenvalue weighted by atomic mass is 9.81. The Morgan fingerprint density at radius 3 is 2.48 bits per heavy atom. The fourth-order valence-electron chi connectivity index (χ4n) is 4.37. The van der Waals surface area contributed by atoms with Crippen molar-refractivity contribution in [2.24, 2.45) is 0 Å². The van der Waals surface area contributed by atoms with Gasteiger partial charge in [-0.05, 0) is 29.3 Å². The minimum Gasteiger partial charge on any atom is -0.504 e. The minimum atomic E-state index is -0.455. The normalized spacial score (nSPS) is 24.2. The lowest BCUT2D eigenvalue weighted by Gasteiger charge is -2.49.